The largest absolute Gasteiger partial charge is 0.508 e. The highest BCUT2D eigenvalue weighted by Gasteiger charge is 2.41. The van der Waals surface area contributed by atoms with Crippen molar-refractivity contribution in [1.82, 2.24) is 0 Å². The summed E-state index contributed by atoms with van der Waals surface area (Å²) in [6, 6.07) is 9.98. The van der Waals surface area contributed by atoms with Crippen molar-refractivity contribution in [3.05, 3.63) is 65.2 Å². The number of benzene rings is 2. The van der Waals surface area contributed by atoms with Crippen molar-refractivity contribution in [2.75, 3.05) is 0 Å². The van der Waals surface area contributed by atoms with Gasteiger partial charge in [0.15, 0.2) is 5.78 Å². The minimum Gasteiger partial charge on any atom is -0.508 e. The molecule has 23 heavy (non-hydrogen) atoms. The number of phenols is 1. The topological polar surface area (TPSA) is 46.5 Å². The van der Waals surface area contributed by atoms with Crippen molar-refractivity contribution in [2.24, 2.45) is 0 Å². The SMILES string of the molecule is O=C(c1ccc(O)cc1)c1ccc2c(c1)C=C[C@@H](C(F)(F)F)O2. The van der Waals surface area contributed by atoms with Crippen LogP contribution in [0.2, 0.25) is 0 Å². The Kier molecular flexibility index (Phi) is 3.60. The van der Waals surface area contributed by atoms with Crippen LogP contribution in [0.25, 0.3) is 6.08 Å². The lowest BCUT2D eigenvalue weighted by molar-refractivity contribution is -0.180. The van der Waals surface area contributed by atoms with Gasteiger partial charge in [-0.1, -0.05) is 6.08 Å². The molecule has 3 rings (SSSR count). The van der Waals surface area contributed by atoms with E-state index in [0.29, 0.717) is 16.7 Å². The predicted octanol–water partition coefficient (Wildman–Crippen LogP) is 3.96. The number of phenolic OH excluding ortho intramolecular Hbond substituents is 1. The molecule has 1 heterocycles. The summed E-state index contributed by atoms with van der Waals surface area (Å²) in [5.41, 5.74) is 1.11. The average Bonchev–Trinajstić information content (AvgIpc) is 2.53. The van der Waals surface area contributed by atoms with Crippen molar-refractivity contribution >= 4 is 11.9 Å². The molecule has 0 aliphatic carbocycles. The number of rotatable bonds is 2. The van der Waals surface area contributed by atoms with Crippen LogP contribution in [0.1, 0.15) is 21.5 Å². The number of hydrogen-bond donors (Lipinski definition) is 1. The molecule has 118 valence electrons. The maximum absolute atomic E-state index is 12.6. The van der Waals surface area contributed by atoms with Crippen LogP contribution in [0.4, 0.5) is 13.2 Å². The Morgan fingerprint density at radius 3 is 2.35 bits per heavy atom. The number of fused-ring (bicyclic) bond motifs is 1. The van der Waals surface area contributed by atoms with Gasteiger partial charge in [-0.15, -0.1) is 0 Å². The quantitative estimate of drug-likeness (QED) is 0.852. The Labute approximate surface area is 129 Å². The molecule has 6 heteroatoms. The minimum atomic E-state index is -4.48. The number of carbonyl (C=O) groups excluding carboxylic acids is 1. The number of halogens is 3. The first kappa shape index (κ1) is 15.1. The summed E-state index contributed by atoms with van der Waals surface area (Å²) in [6.07, 6.45) is -4.25. The molecule has 0 saturated carbocycles. The fourth-order valence-corrected chi connectivity index (χ4v) is 2.25. The van der Waals surface area contributed by atoms with Gasteiger partial charge >= 0.3 is 6.18 Å². The normalized spacial score (nSPS) is 16.6. The van der Waals surface area contributed by atoms with Gasteiger partial charge in [-0.05, 0) is 48.5 Å². The molecule has 0 radical (unpaired) electrons. The summed E-state index contributed by atoms with van der Waals surface area (Å²) in [6.45, 7) is 0. The Hall–Kier alpha value is -2.76. The molecule has 0 bridgehead atoms. The second kappa shape index (κ2) is 5.46. The van der Waals surface area contributed by atoms with Crippen molar-refractivity contribution in [2.45, 2.75) is 12.3 Å². The van der Waals surface area contributed by atoms with Crippen LogP contribution in [0.15, 0.2) is 48.5 Å². The fraction of sp³-hybridized carbons (Fsp3) is 0.118. The maximum Gasteiger partial charge on any atom is 0.429 e. The third-order valence-electron chi connectivity index (χ3n) is 3.43. The lowest BCUT2D eigenvalue weighted by Crippen LogP contribution is -2.33. The molecule has 3 nitrogen and oxygen atoms in total. The van der Waals surface area contributed by atoms with E-state index in [0.717, 1.165) is 6.08 Å². The van der Waals surface area contributed by atoms with E-state index in [9.17, 15) is 23.1 Å². The number of hydrogen-bond acceptors (Lipinski definition) is 3. The van der Waals surface area contributed by atoms with Crippen LogP contribution in [-0.2, 0) is 0 Å². The second-order valence-electron chi connectivity index (χ2n) is 5.07. The summed E-state index contributed by atoms with van der Waals surface area (Å²) in [5.74, 6) is -0.169. The van der Waals surface area contributed by atoms with Crippen LogP contribution in [0.3, 0.4) is 0 Å². The number of ether oxygens (including phenoxy) is 1. The molecule has 1 N–H and O–H groups in total. The first-order chi connectivity index (χ1) is 10.8. The zero-order valence-electron chi connectivity index (χ0n) is 11.7. The van der Waals surface area contributed by atoms with E-state index in [1.165, 1.54) is 48.5 Å². The highest BCUT2D eigenvalue weighted by molar-refractivity contribution is 6.09. The average molecular weight is 320 g/mol. The smallest absolute Gasteiger partial charge is 0.429 e. The van der Waals surface area contributed by atoms with Crippen LogP contribution in [0.5, 0.6) is 11.5 Å². The van der Waals surface area contributed by atoms with Gasteiger partial charge in [0.25, 0.3) is 0 Å². The van der Waals surface area contributed by atoms with Crippen molar-refractivity contribution in [1.29, 1.82) is 0 Å². The number of ketones is 1. The van der Waals surface area contributed by atoms with Gasteiger partial charge in [-0.2, -0.15) is 13.2 Å². The first-order valence-electron chi connectivity index (χ1n) is 6.74. The Morgan fingerprint density at radius 1 is 1.04 bits per heavy atom. The highest BCUT2D eigenvalue weighted by Crippen LogP contribution is 2.33. The molecule has 0 spiro atoms. The van der Waals surface area contributed by atoms with E-state index in [1.807, 2.05) is 0 Å². The van der Waals surface area contributed by atoms with Crippen molar-refractivity contribution < 1.29 is 27.8 Å². The first-order valence-corrected chi connectivity index (χ1v) is 6.74. The van der Waals surface area contributed by atoms with Crippen LogP contribution in [-0.4, -0.2) is 23.2 Å². The van der Waals surface area contributed by atoms with Gasteiger partial charge in [0, 0.05) is 16.7 Å². The summed E-state index contributed by atoms with van der Waals surface area (Å²) >= 11 is 0. The molecular formula is C17H11F3O3. The third kappa shape index (κ3) is 3.06. The van der Waals surface area contributed by atoms with E-state index in [1.54, 1.807) is 0 Å². The number of alkyl halides is 3. The molecule has 2 aromatic carbocycles. The van der Waals surface area contributed by atoms with E-state index >= 15 is 0 Å². The maximum atomic E-state index is 12.6. The highest BCUT2D eigenvalue weighted by atomic mass is 19.4. The van der Waals surface area contributed by atoms with Crippen LogP contribution in [0, 0.1) is 0 Å². The van der Waals surface area contributed by atoms with Gasteiger partial charge in [0.1, 0.15) is 11.5 Å². The molecule has 2 aromatic rings. The van der Waals surface area contributed by atoms with Gasteiger partial charge in [-0.25, -0.2) is 0 Å². The summed E-state index contributed by atoms with van der Waals surface area (Å²) in [5, 5.41) is 9.23. The van der Waals surface area contributed by atoms with Gasteiger partial charge in [-0.3, -0.25) is 4.79 Å². The van der Waals surface area contributed by atoms with E-state index in [-0.39, 0.29) is 17.3 Å². The van der Waals surface area contributed by atoms with E-state index in [4.69, 9.17) is 4.74 Å². The molecule has 1 atom stereocenters. The van der Waals surface area contributed by atoms with E-state index < -0.39 is 12.3 Å². The molecule has 0 amide bonds. The molecule has 1 aliphatic heterocycles. The second-order valence-corrected chi connectivity index (χ2v) is 5.07. The lowest BCUT2D eigenvalue weighted by Gasteiger charge is -2.23. The summed E-state index contributed by atoms with van der Waals surface area (Å²) in [4.78, 5) is 12.3. The minimum absolute atomic E-state index is 0.0431. The number of carbonyl (C=O) groups is 1. The zero-order valence-corrected chi connectivity index (χ0v) is 11.7. The Bertz CT molecular complexity index is 777. The summed E-state index contributed by atoms with van der Waals surface area (Å²) in [7, 11) is 0. The summed E-state index contributed by atoms with van der Waals surface area (Å²) < 4.78 is 42.8. The molecular weight excluding hydrogens is 309 g/mol. The lowest BCUT2D eigenvalue weighted by atomic mass is 9.99. The zero-order chi connectivity index (χ0) is 16.6. The Morgan fingerprint density at radius 2 is 1.70 bits per heavy atom. The molecule has 0 unspecified atom stereocenters. The molecule has 1 aliphatic rings. The van der Waals surface area contributed by atoms with Gasteiger partial charge in [0.05, 0.1) is 0 Å². The Balaban J connectivity index is 1.88. The van der Waals surface area contributed by atoms with Crippen molar-refractivity contribution in [3.63, 3.8) is 0 Å². The van der Waals surface area contributed by atoms with E-state index in [2.05, 4.69) is 0 Å². The number of aromatic hydroxyl groups is 1. The van der Waals surface area contributed by atoms with Crippen LogP contribution < -0.4 is 4.74 Å². The standard InChI is InChI=1S/C17H11F3O3/c18-17(19,20)15-8-4-11-9-12(3-7-14(11)23-15)16(22)10-1-5-13(21)6-2-10/h1-9,15,21H/t15-/m0/s1. The fourth-order valence-electron chi connectivity index (χ4n) is 2.25. The van der Waals surface area contributed by atoms with Gasteiger partial charge in [0.2, 0.25) is 6.10 Å². The predicted molar refractivity (Wildman–Crippen MR) is 77.5 cm³/mol. The molecule has 0 aromatic heterocycles. The van der Waals surface area contributed by atoms with Gasteiger partial charge < -0.3 is 9.84 Å². The molecule has 0 saturated heterocycles. The molecule has 0 fully saturated rings. The third-order valence-corrected chi connectivity index (χ3v) is 3.43. The monoisotopic (exact) mass is 320 g/mol. The van der Waals surface area contributed by atoms with Crippen molar-refractivity contribution in [3.8, 4) is 11.5 Å². The van der Waals surface area contributed by atoms with Crippen LogP contribution >= 0.6 is 0 Å².